The van der Waals surface area contributed by atoms with E-state index < -0.39 is 37.4 Å². The largest absolute Gasteiger partial charge is 0.387 e. The van der Waals surface area contributed by atoms with Crippen molar-refractivity contribution in [3.63, 3.8) is 0 Å². The van der Waals surface area contributed by atoms with E-state index in [0.29, 0.717) is 17.7 Å². The van der Waals surface area contributed by atoms with Gasteiger partial charge in [0.1, 0.15) is 12.2 Å². The van der Waals surface area contributed by atoms with Gasteiger partial charge < -0.3 is 20.5 Å². The number of hydrogen-bond acceptors (Lipinski definition) is 3. The van der Waals surface area contributed by atoms with Crippen molar-refractivity contribution in [2.24, 2.45) is 0 Å². The van der Waals surface area contributed by atoms with Gasteiger partial charge in [-0.2, -0.15) is 0 Å². The maximum Gasteiger partial charge on any atom is 0.323 e. The first-order valence-corrected chi connectivity index (χ1v) is 9.86. The molecule has 3 N–H and O–H groups in total. The van der Waals surface area contributed by atoms with Crippen LogP contribution in [-0.4, -0.2) is 61.4 Å². The minimum atomic E-state index is -1.54. The molecule has 1 saturated heterocycles. The second kappa shape index (κ2) is 5.95. The third-order valence-corrected chi connectivity index (χ3v) is 5.08. The van der Waals surface area contributed by atoms with Crippen molar-refractivity contribution in [3.05, 3.63) is 24.0 Å². The maximum atomic E-state index is 14.3. The van der Waals surface area contributed by atoms with Crippen LogP contribution in [0.2, 0.25) is 0 Å². The molecule has 7 heteroatoms. The van der Waals surface area contributed by atoms with E-state index >= 15 is 0 Å². The number of halogens is 1. The van der Waals surface area contributed by atoms with Crippen molar-refractivity contribution >= 4 is 19.2 Å². The second-order valence-electron chi connectivity index (χ2n) is 6.15. The van der Waals surface area contributed by atoms with E-state index in [-0.39, 0.29) is 0 Å². The van der Waals surface area contributed by atoms with Crippen LogP contribution in [0.5, 0.6) is 0 Å². The minimum Gasteiger partial charge on any atom is -0.387 e. The third-order valence-electron chi connectivity index (χ3n) is 3.61. The molecule has 2 aliphatic rings. The molecule has 0 aromatic heterocycles. The topological polar surface area (TPSA) is 70.6 Å². The van der Waals surface area contributed by atoms with E-state index in [1.165, 1.54) is 6.20 Å². The van der Waals surface area contributed by atoms with Crippen molar-refractivity contribution in [3.8, 4) is 0 Å². The summed E-state index contributed by atoms with van der Waals surface area (Å²) in [5, 5.41) is 14.9. The number of nitrogens with one attached hydrogen (secondary N) is 2. The Hall–Kier alpha value is -1.10. The number of urea groups is 1. The van der Waals surface area contributed by atoms with E-state index in [4.69, 9.17) is 4.74 Å². The van der Waals surface area contributed by atoms with Crippen LogP contribution in [0.1, 0.15) is 6.42 Å². The fourth-order valence-electron chi connectivity index (χ4n) is 2.42. The fraction of sp³-hybridized carbons (Fsp3) is 0.571. The Morgan fingerprint density at radius 2 is 2.19 bits per heavy atom. The molecule has 0 unspecified atom stereocenters. The first-order valence-electron chi connectivity index (χ1n) is 6.81. The number of carbonyl (C=O) groups excluding carboxylic acids is 1. The van der Waals surface area contributed by atoms with Crippen molar-refractivity contribution in [1.82, 2.24) is 10.6 Å². The Labute approximate surface area is 124 Å². The van der Waals surface area contributed by atoms with E-state index in [2.05, 4.69) is 36.8 Å². The molecule has 2 aliphatic heterocycles. The van der Waals surface area contributed by atoms with Gasteiger partial charge in [-0.25, -0.2) is 9.18 Å². The van der Waals surface area contributed by atoms with Gasteiger partial charge in [-0.05, 0) is 25.9 Å². The summed E-state index contributed by atoms with van der Waals surface area (Å²) in [6, 6.07) is -0.419. The van der Waals surface area contributed by atoms with Crippen molar-refractivity contribution in [2.75, 3.05) is 19.5 Å². The minimum absolute atomic E-state index is 0.296. The Morgan fingerprint density at radius 3 is 2.76 bits per heavy atom. The van der Waals surface area contributed by atoms with Gasteiger partial charge in [-0.3, -0.25) is 0 Å². The Kier molecular flexibility index (Phi) is 4.61. The molecule has 118 valence electrons. The number of carbonyl (C=O) groups is 1. The van der Waals surface area contributed by atoms with Gasteiger partial charge in [0.15, 0.2) is 6.17 Å². The molecule has 0 spiro atoms. The number of aliphatic hydroxyl groups excluding tert-OH is 1. The molecule has 4 atom stereocenters. The first kappa shape index (κ1) is 16.3. The molecule has 0 aromatic carbocycles. The maximum absolute atomic E-state index is 14.3. The molecule has 0 radical (unpaired) electrons. The highest BCUT2D eigenvalue weighted by Gasteiger charge is 2.46. The van der Waals surface area contributed by atoms with Gasteiger partial charge in [0.2, 0.25) is 0 Å². The summed E-state index contributed by atoms with van der Waals surface area (Å²) < 4.78 is 20.0. The number of aliphatic hydroxyl groups is 1. The van der Waals surface area contributed by atoms with Crippen LogP contribution in [0.4, 0.5) is 9.18 Å². The molecule has 2 rings (SSSR count). The van der Waals surface area contributed by atoms with Gasteiger partial charge in [-0.15, -0.1) is 13.2 Å². The van der Waals surface area contributed by atoms with E-state index in [9.17, 15) is 14.3 Å². The molecule has 0 aromatic rings. The molecule has 5 nitrogen and oxygen atoms in total. The third kappa shape index (κ3) is 3.76. The van der Waals surface area contributed by atoms with E-state index in [0.717, 1.165) is 6.16 Å². The SMILES string of the molecule is C=C1NC(=O)NC=C1[C@@H]1O[C@H](CCP(=C)(C)C)[C@@H](O)[C@H]1F. The number of amides is 2. The standard InChI is InChI=1S/C14H22FN2O3P/c1-8-9(7-16-14(19)17-8)13-11(15)12(18)10(20-13)5-6-21(2,3)4/h7,10-13,18H,1-2,5-6H2,3-4H3,(H2,16,17,19)/t10-,11-,12-,13+/m1/s1. The summed E-state index contributed by atoms with van der Waals surface area (Å²) in [6.07, 6.45) is 2.69. The quantitative estimate of drug-likeness (QED) is 0.684. The lowest BCUT2D eigenvalue weighted by atomic mass is 10.00. The molecule has 0 bridgehead atoms. The molecular weight excluding hydrogens is 294 g/mol. The number of rotatable bonds is 4. The highest BCUT2D eigenvalue weighted by molar-refractivity contribution is 7.72. The van der Waals surface area contributed by atoms with Crippen molar-refractivity contribution < 1.29 is 19.0 Å². The molecule has 1 fully saturated rings. The molecule has 0 saturated carbocycles. The number of ether oxygens (including phenoxy) is 1. The first-order chi connectivity index (χ1) is 9.69. The number of alkyl halides is 1. The summed E-state index contributed by atoms with van der Waals surface area (Å²) in [4.78, 5) is 11.1. The lowest BCUT2D eigenvalue weighted by molar-refractivity contribution is 0.0199. The van der Waals surface area contributed by atoms with Crippen LogP contribution in [0, 0.1) is 0 Å². The van der Waals surface area contributed by atoms with Crippen molar-refractivity contribution in [1.29, 1.82) is 0 Å². The van der Waals surface area contributed by atoms with Gasteiger partial charge in [0, 0.05) is 17.5 Å². The molecular formula is C14H22FN2O3P. The normalized spacial score (nSPS) is 33.4. The average molecular weight is 316 g/mol. The monoisotopic (exact) mass is 316 g/mol. The zero-order chi connectivity index (χ0) is 15.8. The highest BCUT2D eigenvalue weighted by atomic mass is 31.2. The zero-order valence-corrected chi connectivity index (χ0v) is 13.2. The second-order valence-corrected chi connectivity index (χ2v) is 10.5. The van der Waals surface area contributed by atoms with Crippen LogP contribution >= 0.6 is 6.89 Å². The predicted molar refractivity (Wildman–Crippen MR) is 83.8 cm³/mol. The molecule has 2 heterocycles. The fourth-order valence-corrected chi connectivity index (χ4v) is 3.37. The summed E-state index contributed by atoms with van der Waals surface area (Å²) in [5.74, 6) is 0. The van der Waals surface area contributed by atoms with Crippen LogP contribution in [0.25, 0.3) is 0 Å². The summed E-state index contributed by atoms with van der Waals surface area (Å²) >= 11 is 0. The molecule has 2 amide bonds. The van der Waals surface area contributed by atoms with E-state index in [1.807, 2.05) is 0 Å². The summed E-state index contributed by atoms with van der Waals surface area (Å²) in [6.45, 7) is 6.61. The zero-order valence-electron chi connectivity index (χ0n) is 12.3. The summed E-state index contributed by atoms with van der Waals surface area (Å²) in [5.41, 5.74) is 0.719. The lowest BCUT2D eigenvalue weighted by Crippen LogP contribution is -2.41. The summed E-state index contributed by atoms with van der Waals surface area (Å²) in [7, 11) is 0. The van der Waals surface area contributed by atoms with Crippen LogP contribution in [0.3, 0.4) is 0 Å². The Balaban J connectivity index is 2.08. The van der Waals surface area contributed by atoms with Crippen LogP contribution in [-0.2, 0) is 4.74 Å². The molecule has 21 heavy (non-hydrogen) atoms. The Bertz CT molecular complexity index is 528. The lowest BCUT2D eigenvalue weighted by Gasteiger charge is -2.23. The van der Waals surface area contributed by atoms with Gasteiger partial charge in [-0.1, -0.05) is 6.58 Å². The van der Waals surface area contributed by atoms with Crippen LogP contribution < -0.4 is 10.6 Å². The average Bonchev–Trinajstić information content (AvgIpc) is 2.64. The Morgan fingerprint density at radius 1 is 1.52 bits per heavy atom. The smallest absolute Gasteiger partial charge is 0.323 e. The van der Waals surface area contributed by atoms with E-state index in [1.54, 1.807) is 0 Å². The van der Waals surface area contributed by atoms with Gasteiger partial charge in [0.25, 0.3) is 0 Å². The number of hydrogen-bond donors (Lipinski definition) is 3. The highest BCUT2D eigenvalue weighted by Crippen LogP contribution is 2.39. The molecule has 0 aliphatic carbocycles. The van der Waals surface area contributed by atoms with Gasteiger partial charge in [0.05, 0.1) is 6.10 Å². The van der Waals surface area contributed by atoms with Crippen LogP contribution in [0.15, 0.2) is 24.0 Å². The van der Waals surface area contributed by atoms with Gasteiger partial charge >= 0.3 is 6.03 Å². The van der Waals surface area contributed by atoms with Crippen molar-refractivity contribution in [2.45, 2.75) is 30.9 Å². The predicted octanol–water partition coefficient (Wildman–Crippen LogP) is 1.26.